The van der Waals surface area contributed by atoms with E-state index in [1.807, 2.05) is 0 Å². The zero-order valence-electron chi connectivity index (χ0n) is 7.50. The summed E-state index contributed by atoms with van der Waals surface area (Å²) in [5, 5.41) is 9.59. The highest BCUT2D eigenvalue weighted by Gasteiger charge is 2.21. The lowest BCUT2D eigenvalue weighted by Gasteiger charge is -2.10. The van der Waals surface area contributed by atoms with Gasteiger partial charge in [-0.2, -0.15) is 0 Å². The highest BCUT2D eigenvalue weighted by molar-refractivity contribution is 6.34. The zero-order valence-corrected chi connectivity index (χ0v) is 9.01. The molecule has 0 aliphatic rings. The molecule has 0 fully saturated rings. The number of rotatable bonds is 3. The van der Waals surface area contributed by atoms with Crippen LogP contribution in [0.1, 0.15) is 25.0 Å². The van der Waals surface area contributed by atoms with Gasteiger partial charge in [0.2, 0.25) is 0 Å². The number of pyridine rings is 1. The molecule has 1 rings (SSSR count). The monoisotopic (exact) mass is 233 g/mol. The Morgan fingerprint density at radius 2 is 2.29 bits per heavy atom. The standard InChI is InChI=1S/C9H9Cl2NO2/c1-2-6(9(13)14)8-7(11)3-5(10)4-12-8/h3-4,6H,2H2,1H3,(H,13,14). The van der Waals surface area contributed by atoms with E-state index in [4.69, 9.17) is 28.3 Å². The van der Waals surface area contributed by atoms with Crippen LogP contribution < -0.4 is 0 Å². The van der Waals surface area contributed by atoms with Gasteiger partial charge in [-0.25, -0.2) is 0 Å². The summed E-state index contributed by atoms with van der Waals surface area (Å²) in [5.74, 6) is -1.59. The SMILES string of the molecule is CCC(C(=O)O)c1ncc(Cl)cc1Cl. The Labute approximate surface area is 91.7 Å². The third-order valence-corrected chi connectivity index (χ3v) is 2.38. The van der Waals surface area contributed by atoms with Crippen molar-refractivity contribution < 1.29 is 9.90 Å². The molecule has 0 radical (unpaired) electrons. The van der Waals surface area contributed by atoms with Gasteiger partial charge in [0.05, 0.1) is 15.7 Å². The third kappa shape index (κ3) is 2.36. The Balaban J connectivity index is 3.10. The van der Waals surface area contributed by atoms with Crippen molar-refractivity contribution in [3.63, 3.8) is 0 Å². The minimum Gasteiger partial charge on any atom is -0.481 e. The Kier molecular flexibility index (Phi) is 3.72. The van der Waals surface area contributed by atoms with Gasteiger partial charge in [0, 0.05) is 6.20 Å². The van der Waals surface area contributed by atoms with Crippen molar-refractivity contribution in [1.29, 1.82) is 0 Å². The molecule has 1 aromatic rings. The molecule has 1 atom stereocenters. The number of carbonyl (C=O) groups is 1. The molecule has 1 unspecified atom stereocenters. The molecule has 0 bridgehead atoms. The number of nitrogens with zero attached hydrogens (tertiary/aromatic N) is 1. The van der Waals surface area contributed by atoms with Crippen LogP contribution >= 0.6 is 23.2 Å². The maximum Gasteiger partial charge on any atom is 0.312 e. The molecular formula is C9H9Cl2NO2. The van der Waals surface area contributed by atoms with Crippen LogP contribution in [0.4, 0.5) is 0 Å². The molecule has 5 heteroatoms. The summed E-state index contributed by atoms with van der Waals surface area (Å²) in [6.45, 7) is 1.77. The van der Waals surface area contributed by atoms with Crippen molar-refractivity contribution in [3.8, 4) is 0 Å². The van der Waals surface area contributed by atoms with E-state index in [1.165, 1.54) is 12.3 Å². The van der Waals surface area contributed by atoms with Gasteiger partial charge in [-0.1, -0.05) is 30.1 Å². The Bertz CT molecular complexity index is 355. The highest BCUT2D eigenvalue weighted by Crippen LogP contribution is 2.27. The van der Waals surface area contributed by atoms with E-state index in [2.05, 4.69) is 4.98 Å². The molecule has 76 valence electrons. The normalized spacial score (nSPS) is 12.5. The fourth-order valence-electron chi connectivity index (χ4n) is 1.17. The summed E-state index contributed by atoms with van der Waals surface area (Å²) >= 11 is 11.5. The van der Waals surface area contributed by atoms with Gasteiger partial charge in [-0.15, -0.1) is 0 Å². The average molecular weight is 234 g/mol. The van der Waals surface area contributed by atoms with Crippen molar-refractivity contribution in [2.75, 3.05) is 0 Å². The Morgan fingerprint density at radius 1 is 1.64 bits per heavy atom. The first kappa shape index (κ1) is 11.3. The number of halogens is 2. The number of carboxylic acid groups (broad SMARTS) is 1. The van der Waals surface area contributed by atoms with Crippen molar-refractivity contribution in [3.05, 3.63) is 28.0 Å². The number of aliphatic carboxylic acids is 1. The molecule has 14 heavy (non-hydrogen) atoms. The molecule has 0 saturated heterocycles. The topological polar surface area (TPSA) is 50.2 Å². The van der Waals surface area contributed by atoms with Crippen LogP contribution in [0.15, 0.2) is 12.3 Å². The van der Waals surface area contributed by atoms with Gasteiger partial charge in [-0.3, -0.25) is 9.78 Å². The number of hydrogen-bond acceptors (Lipinski definition) is 2. The second kappa shape index (κ2) is 4.62. The summed E-state index contributed by atoms with van der Waals surface area (Å²) in [4.78, 5) is 14.8. The number of hydrogen-bond donors (Lipinski definition) is 1. The van der Waals surface area contributed by atoms with E-state index in [0.717, 1.165) is 0 Å². The number of carboxylic acids is 1. The first-order chi connectivity index (χ1) is 6.56. The van der Waals surface area contributed by atoms with Crippen molar-refractivity contribution in [2.24, 2.45) is 0 Å². The van der Waals surface area contributed by atoms with Gasteiger partial charge in [0.15, 0.2) is 0 Å². The minimum atomic E-state index is -0.927. The van der Waals surface area contributed by atoms with E-state index in [9.17, 15) is 4.79 Å². The molecule has 0 aromatic carbocycles. The van der Waals surface area contributed by atoms with Gasteiger partial charge >= 0.3 is 5.97 Å². The fraction of sp³-hybridized carbons (Fsp3) is 0.333. The second-order valence-corrected chi connectivity index (χ2v) is 3.66. The maximum atomic E-state index is 10.8. The molecule has 0 amide bonds. The van der Waals surface area contributed by atoms with Gasteiger partial charge in [0.1, 0.15) is 5.92 Å². The molecule has 1 N–H and O–H groups in total. The Morgan fingerprint density at radius 3 is 2.71 bits per heavy atom. The second-order valence-electron chi connectivity index (χ2n) is 2.82. The van der Waals surface area contributed by atoms with Gasteiger partial charge in [0.25, 0.3) is 0 Å². The van der Waals surface area contributed by atoms with Crippen LogP contribution in [-0.2, 0) is 4.79 Å². The predicted molar refractivity (Wildman–Crippen MR) is 54.9 cm³/mol. The summed E-state index contributed by atoms with van der Waals surface area (Å²) in [6, 6.07) is 1.50. The smallest absolute Gasteiger partial charge is 0.312 e. The first-order valence-corrected chi connectivity index (χ1v) is 4.85. The lowest BCUT2D eigenvalue weighted by atomic mass is 10.0. The molecule has 1 heterocycles. The van der Waals surface area contributed by atoms with Crippen LogP contribution in [0.3, 0.4) is 0 Å². The highest BCUT2D eigenvalue weighted by atomic mass is 35.5. The average Bonchev–Trinajstić information content (AvgIpc) is 2.09. The van der Waals surface area contributed by atoms with E-state index < -0.39 is 11.9 Å². The summed E-state index contributed by atoms with van der Waals surface area (Å²) < 4.78 is 0. The molecule has 1 aromatic heterocycles. The largest absolute Gasteiger partial charge is 0.481 e. The van der Waals surface area contributed by atoms with Crippen molar-refractivity contribution in [1.82, 2.24) is 4.98 Å². The number of aromatic nitrogens is 1. The molecule has 3 nitrogen and oxygen atoms in total. The fourth-order valence-corrected chi connectivity index (χ4v) is 1.68. The third-order valence-electron chi connectivity index (χ3n) is 1.87. The van der Waals surface area contributed by atoms with Crippen LogP contribution in [0.25, 0.3) is 0 Å². The molecule has 0 aliphatic carbocycles. The van der Waals surface area contributed by atoms with Gasteiger partial charge in [-0.05, 0) is 12.5 Å². The quantitative estimate of drug-likeness (QED) is 0.874. The lowest BCUT2D eigenvalue weighted by molar-refractivity contribution is -0.138. The Hall–Kier alpha value is -0.800. The first-order valence-electron chi connectivity index (χ1n) is 4.10. The van der Waals surface area contributed by atoms with Crippen LogP contribution in [0.2, 0.25) is 10.0 Å². The summed E-state index contributed by atoms with van der Waals surface area (Å²) in [5.41, 5.74) is 0.367. The van der Waals surface area contributed by atoms with Crippen molar-refractivity contribution >= 4 is 29.2 Å². The molecule has 0 saturated carbocycles. The van der Waals surface area contributed by atoms with E-state index >= 15 is 0 Å². The minimum absolute atomic E-state index is 0.298. The lowest BCUT2D eigenvalue weighted by Crippen LogP contribution is -2.12. The molecule has 0 aliphatic heterocycles. The van der Waals surface area contributed by atoms with Crippen molar-refractivity contribution in [2.45, 2.75) is 19.3 Å². The molecule has 0 spiro atoms. The van der Waals surface area contributed by atoms with E-state index in [0.29, 0.717) is 22.2 Å². The van der Waals surface area contributed by atoms with Crippen LogP contribution in [-0.4, -0.2) is 16.1 Å². The summed E-state index contributed by atoms with van der Waals surface area (Å²) in [7, 11) is 0. The molecular weight excluding hydrogens is 225 g/mol. The van der Waals surface area contributed by atoms with E-state index in [-0.39, 0.29) is 0 Å². The predicted octanol–water partition coefficient (Wildman–Crippen LogP) is 2.97. The zero-order chi connectivity index (χ0) is 10.7. The van der Waals surface area contributed by atoms with Gasteiger partial charge < -0.3 is 5.11 Å². The van der Waals surface area contributed by atoms with E-state index in [1.54, 1.807) is 6.92 Å². The van der Waals surface area contributed by atoms with Crippen LogP contribution in [0.5, 0.6) is 0 Å². The van der Waals surface area contributed by atoms with Crippen LogP contribution in [0, 0.1) is 0 Å². The maximum absolute atomic E-state index is 10.8. The summed E-state index contributed by atoms with van der Waals surface area (Å²) in [6.07, 6.45) is 1.85.